The zero-order valence-electron chi connectivity index (χ0n) is 6.62. The highest BCUT2D eigenvalue weighted by Crippen LogP contribution is 2.31. The van der Waals surface area contributed by atoms with Crippen LogP contribution in [0.15, 0.2) is 12.1 Å². The van der Waals surface area contributed by atoms with Crippen LogP contribution in [0, 0.1) is 21.4 Å². The number of anilines is 1. The molecule has 0 heterocycles. The topological polar surface area (TPSA) is 79.0 Å². The van der Waals surface area contributed by atoms with Crippen molar-refractivity contribution in [2.45, 2.75) is 0 Å². The summed E-state index contributed by atoms with van der Waals surface area (Å²) in [6.45, 7) is 0. The van der Waals surface area contributed by atoms with Gasteiger partial charge in [0.05, 0.1) is 21.2 Å². The van der Waals surface area contributed by atoms with Crippen LogP contribution in [0.25, 0.3) is 0 Å². The van der Waals surface area contributed by atoms with Crippen LogP contribution in [-0.4, -0.2) is 4.92 Å². The van der Waals surface area contributed by atoms with Crippen LogP contribution >= 0.6 is 27.7 Å². The first kappa shape index (κ1) is 10.8. The second-order valence-corrected chi connectivity index (χ2v) is 3.12. The number of hydrogen-bond acceptors (Lipinski definition) is 4. The van der Waals surface area contributed by atoms with Crippen LogP contribution in [0.2, 0.25) is 5.02 Å². The van der Waals surface area contributed by atoms with Crippen molar-refractivity contribution in [3.8, 4) is 6.07 Å². The third-order valence-electron chi connectivity index (χ3n) is 1.50. The molecule has 0 bridgehead atoms. The molecule has 1 N–H and O–H groups in total. The van der Waals surface area contributed by atoms with Crippen LogP contribution in [0.3, 0.4) is 0 Å². The SMILES string of the molecule is N#Cc1cc([N+](=O)[O-])cc(Cl)c1NBr. The van der Waals surface area contributed by atoms with Crippen molar-refractivity contribution in [3.63, 3.8) is 0 Å². The number of nitro benzene ring substituents is 1. The van der Waals surface area contributed by atoms with Gasteiger partial charge in [-0.05, 0) is 0 Å². The van der Waals surface area contributed by atoms with E-state index in [2.05, 4.69) is 20.5 Å². The molecule has 1 aromatic carbocycles. The zero-order chi connectivity index (χ0) is 10.7. The lowest BCUT2D eigenvalue weighted by molar-refractivity contribution is -0.384. The molecule has 0 saturated heterocycles. The van der Waals surface area contributed by atoms with Crippen LogP contribution < -0.4 is 4.34 Å². The van der Waals surface area contributed by atoms with E-state index in [-0.39, 0.29) is 16.3 Å². The third kappa shape index (κ3) is 1.95. The summed E-state index contributed by atoms with van der Waals surface area (Å²) in [6, 6.07) is 4.12. The van der Waals surface area contributed by atoms with Crippen molar-refractivity contribution in [3.05, 3.63) is 32.8 Å². The molecule has 0 spiro atoms. The molecule has 1 rings (SSSR count). The van der Waals surface area contributed by atoms with Gasteiger partial charge >= 0.3 is 0 Å². The summed E-state index contributed by atoms with van der Waals surface area (Å²) >= 11 is 8.62. The number of nitrogens with zero attached hydrogens (tertiary/aromatic N) is 2. The molecule has 0 saturated carbocycles. The maximum atomic E-state index is 10.4. The number of halogens is 2. The standard InChI is InChI=1S/C7H3BrClN3O2/c8-11-7-4(3-10)1-5(12(13)14)2-6(7)9/h1-2,11H. The Balaban J connectivity index is 3.41. The van der Waals surface area contributed by atoms with E-state index in [4.69, 9.17) is 16.9 Å². The van der Waals surface area contributed by atoms with Gasteiger partial charge in [0.2, 0.25) is 0 Å². The summed E-state index contributed by atoms with van der Waals surface area (Å²) in [5, 5.41) is 19.2. The monoisotopic (exact) mass is 275 g/mol. The van der Waals surface area contributed by atoms with Gasteiger partial charge in [-0.3, -0.25) is 10.1 Å². The van der Waals surface area contributed by atoms with Gasteiger partial charge in [0, 0.05) is 28.3 Å². The van der Waals surface area contributed by atoms with E-state index < -0.39 is 4.92 Å². The van der Waals surface area contributed by atoms with Gasteiger partial charge in [-0.1, -0.05) is 11.6 Å². The molecule has 0 atom stereocenters. The fourth-order valence-corrected chi connectivity index (χ4v) is 1.68. The first-order valence-electron chi connectivity index (χ1n) is 3.35. The molecule has 1 aromatic rings. The summed E-state index contributed by atoms with van der Waals surface area (Å²) in [5.74, 6) is 0. The third-order valence-corrected chi connectivity index (χ3v) is 2.20. The lowest BCUT2D eigenvalue weighted by atomic mass is 10.2. The van der Waals surface area contributed by atoms with E-state index in [0.717, 1.165) is 6.07 Å². The quantitative estimate of drug-likeness (QED) is 0.512. The van der Waals surface area contributed by atoms with Crippen LogP contribution in [-0.2, 0) is 0 Å². The summed E-state index contributed by atoms with van der Waals surface area (Å²) in [7, 11) is 0. The molecule has 0 fully saturated rings. The van der Waals surface area contributed by atoms with E-state index in [1.807, 2.05) is 0 Å². The van der Waals surface area contributed by atoms with Crippen molar-refractivity contribution in [1.29, 1.82) is 5.26 Å². The summed E-state index contributed by atoms with van der Waals surface area (Å²) in [4.78, 5) is 9.82. The molecule has 5 nitrogen and oxygen atoms in total. The Hall–Kier alpha value is -1.32. The van der Waals surface area contributed by atoms with Gasteiger partial charge in [-0.15, -0.1) is 0 Å². The van der Waals surface area contributed by atoms with Crippen LogP contribution in [0.5, 0.6) is 0 Å². The fraction of sp³-hybridized carbons (Fsp3) is 0. The van der Waals surface area contributed by atoms with E-state index in [0.29, 0.717) is 5.69 Å². The molecular formula is C7H3BrClN3O2. The van der Waals surface area contributed by atoms with Crippen molar-refractivity contribution in [2.24, 2.45) is 0 Å². The number of benzene rings is 1. The average molecular weight is 276 g/mol. The first-order valence-corrected chi connectivity index (χ1v) is 4.52. The van der Waals surface area contributed by atoms with E-state index in [1.54, 1.807) is 6.07 Å². The van der Waals surface area contributed by atoms with Gasteiger partial charge in [-0.2, -0.15) is 5.26 Å². The molecule has 0 amide bonds. The lowest BCUT2D eigenvalue weighted by Crippen LogP contribution is -1.93. The molecule has 14 heavy (non-hydrogen) atoms. The van der Waals surface area contributed by atoms with E-state index in [1.165, 1.54) is 6.07 Å². The molecule has 0 aliphatic carbocycles. The van der Waals surface area contributed by atoms with Crippen molar-refractivity contribution >= 4 is 39.1 Å². The number of nitrogens with one attached hydrogen (secondary N) is 1. The summed E-state index contributed by atoms with van der Waals surface area (Å²) in [5.41, 5.74) is 0.221. The van der Waals surface area contributed by atoms with Gasteiger partial charge in [-0.25, -0.2) is 0 Å². The van der Waals surface area contributed by atoms with Gasteiger partial charge < -0.3 is 4.34 Å². The molecule has 72 valence electrons. The van der Waals surface area contributed by atoms with Gasteiger partial charge in [0.1, 0.15) is 6.07 Å². The Morgan fingerprint density at radius 2 is 2.29 bits per heavy atom. The molecule has 0 aromatic heterocycles. The summed E-state index contributed by atoms with van der Waals surface area (Å²) in [6.07, 6.45) is 0. The highest BCUT2D eigenvalue weighted by atomic mass is 79.9. The Morgan fingerprint density at radius 1 is 1.64 bits per heavy atom. The minimum absolute atomic E-state index is 0.112. The average Bonchev–Trinajstić information content (AvgIpc) is 2.16. The highest BCUT2D eigenvalue weighted by molar-refractivity contribution is 9.10. The zero-order valence-corrected chi connectivity index (χ0v) is 8.96. The number of hydrogen-bond donors (Lipinski definition) is 1. The fourth-order valence-electron chi connectivity index (χ4n) is 0.882. The van der Waals surface area contributed by atoms with E-state index >= 15 is 0 Å². The molecule has 0 aliphatic rings. The molecular weight excluding hydrogens is 273 g/mol. The maximum Gasteiger partial charge on any atom is 0.272 e. The minimum Gasteiger partial charge on any atom is -0.320 e. The van der Waals surface area contributed by atoms with Crippen molar-refractivity contribution in [2.75, 3.05) is 4.34 Å². The number of non-ortho nitro benzene ring substituents is 1. The Labute approximate surface area is 92.8 Å². The first-order chi connectivity index (χ1) is 6.60. The van der Waals surface area contributed by atoms with Crippen LogP contribution in [0.1, 0.15) is 5.56 Å². The number of nitro groups is 1. The largest absolute Gasteiger partial charge is 0.320 e. The van der Waals surface area contributed by atoms with Gasteiger partial charge in [0.15, 0.2) is 0 Å². The molecule has 7 heteroatoms. The lowest BCUT2D eigenvalue weighted by Gasteiger charge is -2.03. The normalized spacial score (nSPS) is 9.21. The van der Waals surface area contributed by atoms with Crippen LogP contribution in [0.4, 0.5) is 11.4 Å². The molecule has 0 unspecified atom stereocenters. The second-order valence-electron chi connectivity index (χ2n) is 2.31. The highest BCUT2D eigenvalue weighted by Gasteiger charge is 2.14. The van der Waals surface area contributed by atoms with Crippen molar-refractivity contribution < 1.29 is 4.92 Å². The molecule has 0 radical (unpaired) electrons. The Kier molecular flexibility index (Phi) is 3.28. The molecule has 0 aliphatic heterocycles. The second kappa shape index (κ2) is 4.26. The Bertz CT molecular complexity index is 430. The smallest absolute Gasteiger partial charge is 0.272 e. The Morgan fingerprint density at radius 3 is 2.71 bits per heavy atom. The predicted molar refractivity (Wildman–Crippen MR) is 55.4 cm³/mol. The number of nitriles is 1. The number of rotatable bonds is 2. The van der Waals surface area contributed by atoms with E-state index in [9.17, 15) is 10.1 Å². The minimum atomic E-state index is -0.606. The van der Waals surface area contributed by atoms with Gasteiger partial charge in [0.25, 0.3) is 5.69 Å². The predicted octanol–water partition coefficient (Wildman–Crippen LogP) is 2.84. The maximum absolute atomic E-state index is 10.4. The summed E-state index contributed by atoms with van der Waals surface area (Å²) < 4.78 is 2.52. The van der Waals surface area contributed by atoms with Crippen molar-refractivity contribution in [1.82, 2.24) is 0 Å².